The molecule has 0 fully saturated rings. The summed E-state index contributed by atoms with van der Waals surface area (Å²) in [7, 11) is 0. The Labute approximate surface area is 99.1 Å². The van der Waals surface area contributed by atoms with Gasteiger partial charge >= 0.3 is 5.97 Å². The van der Waals surface area contributed by atoms with E-state index >= 15 is 0 Å². The highest BCUT2D eigenvalue weighted by Crippen LogP contribution is 2.24. The predicted molar refractivity (Wildman–Crippen MR) is 61.1 cm³/mol. The molecule has 0 atom stereocenters. The molecule has 0 spiro atoms. The van der Waals surface area contributed by atoms with E-state index in [4.69, 9.17) is 5.11 Å². The Morgan fingerprint density at radius 1 is 1.44 bits per heavy atom. The molecule has 1 aromatic carbocycles. The number of aromatic carboxylic acids is 1. The van der Waals surface area contributed by atoms with E-state index in [0.717, 1.165) is 0 Å². The van der Waals surface area contributed by atoms with E-state index in [1.807, 2.05) is 0 Å². The molecule has 0 aliphatic rings. The first-order valence-electron chi connectivity index (χ1n) is 4.48. The molecule has 0 aliphatic heterocycles. The summed E-state index contributed by atoms with van der Waals surface area (Å²) in [6.07, 6.45) is 0. The Kier molecular flexibility index (Phi) is 2.63. The van der Waals surface area contributed by atoms with Gasteiger partial charge in [0.25, 0.3) is 0 Å². The number of nitrogens with zero attached hydrogens (tertiary/aromatic N) is 1. The molecule has 16 heavy (non-hydrogen) atoms. The molecule has 0 aliphatic carbocycles. The second kappa shape index (κ2) is 3.83. The van der Waals surface area contributed by atoms with Crippen LogP contribution in [0, 0.1) is 12.7 Å². The number of fused-ring (bicyclic) bond motifs is 1. The molecule has 0 radical (unpaired) electrons. The highest BCUT2D eigenvalue weighted by molar-refractivity contribution is 9.10. The van der Waals surface area contributed by atoms with Gasteiger partial charge < -0.3 is 5.11 Å². The smallest absolute Gasteiger partial charge is 0.354 e. The fourth-order valence-corrected chi connectivity index (χ4v) is 1.83. The topological polar surface area (TPSA) is 50.2 Å². The van der Waals surface area contributed by atoms with Crippen LogP contribution in [0.4, 0.5) is 4.39 Å². The summed E-state index contributed by atoms with van der Waals surface area (Å²) in [6.45, 7) is 1.73. The molecular formula is C11H7BrFNO2. The van der Waals surface area contributed by atoms with Crippen LogP contribution in [0.15, 0.2) is 22.7 Å². The van der Waals surface area contributed by atoms with Gasteiger partial charge in [0, 0.05) is 5.39 Å². The Hall–Kier alpha value is -1.49. The van der Waals surface area contributed by atoms with Gasteiger partial charge in [-0.3, -0.25) is 0 Å². The van der Waals surface area contributed by atoms with Gasteiger partial charge in [0.05, 0.1) is 9.99 Å². The lowest BCUT2D eigenvalue weighted by Gasteiger charge is -2.04. The molecule has 1 heterocycles. The van der Waals surface area contributed by atoms with Crippen molar-refractivity contribution in [1.29, 1.82) is 0 Å². The molecular weight excluding hydrogens is 277 g/mol. The van der Waals surface area contributed by atoms with E-state index in [1.54, 1.807) is 6.92 Å². The third-order valence-corrected chi connectivity index (χ3v) is 2.88. The van der Waals surface area contributed by atoms with E-state index in [2.05, 4.69) is 20.9 Å². The van der Waals surface area contributed by atoms with E-state index in [-0.39, 0.29) is 16.0 Å². The van der Waals surface area contributed by atoms with Gasteiger partial charge in [-0.1, -0.05) is 0 Å². The maximum Gasteiger partial charge on any atom is 0.354 e. The predicted octanol–water partition coefficient (Wildman–Crippen LogP) is 3.14. The van der Waals surface area contributed by atoms with E-state index in [9.17, 15) is 9.18 Å². The number of pyridine rings is 1. The third kappa shape index (κ3) is 1.78. The first-order valence-corrected chi connectivity index (χ1v) is 5.28. The summed E-state index contributed by atoms with van der Waals surface area (Å²) < 4.78 is 13.6. The second-order valence-electron chi connectivity index (χ2n) is 3.41. The van der Waals surface area contributed by atoms with Crippen LogP contribution < -0.4 is 0 Å². The molecule has 0 saturated carbocycles. The Morgan fingerprint density at radius 2 is 2.12 bits per heavy atom. The van der Waals surface area contributed by atoms with E-state index in [1.165, 1.54) is 18.2 Å². The van der Waals surface area contributed by atoms with Gasteiger partial charge in [-0.2, -0.15) is 0 Å². The number of aryl methyl sites for hydroxylation is 1. The molecule has 0 unspecified atom stereocenters. The Balaban J connectivity index is 2.82. The number of aromatic nitrogens is 1. The largest absolute Gasteiger partial charge is 0.477 e. The van der Waals surface area contributed by atoms with Crippen LogP contribution in [0.3, 0.4) is 0 Å². The van der Waals surface area contributed by atoms with E-state index in [0.29, 0.717) is 16.5 Å². The minimum Gasteiger partial charge on any atom is -0.477 e. The van der Waals surface area contributed by atoms with Gasteiger partial charge in [0.1, 0.15) is 11.5 Å². The van der Waals surface area contributed by atoms with Crippen molar-refractivity contribution in [2.24, 2.45) is 0 Å². The zero-order valence-corrected chi connectivity index (χ0v) is 9.88. The van der Waals surface area contributed by atoms with Gasteiger partial charge in [0.2, 0.25) is 0 Å². The summed E-state index contributed by atoms with van der Waals surface area (Å²) in [5.74, 6) is -1.48. The number of rotatable bonds is 1. The first-order chi connectivity index (χ1) is 7.49. The number of hydrogen-bond acceptors (Lipinski definition) is 2. The van der Waals surface area contributed by atoms with Crippen molar-refractivity contribution in [1.82, 2.24) is 4.98 Å². The molecule has 0 bridgehead atoms. The lowest BCUT2D eigenvalue weighted by Crippen LogP contribution is -2.01. The van der Waals surface area contributed by atoms with Crippen LogP contribution in [0.25, 0.3) is 10.9 Å². The first kappa shape index (κ1) is 11.0. The van der Waals surface area contributed by atoms with Crippen LogP contribution in [-0.4, -0.2) is 16.1 Å². The number of halogens is 2. The summed E-state index contributed by atoms with van der Waals surface area (Å²) in [5.41, 5.74) is 1.11. The Morgan fingerprint density at radius 3 is 2.75 bits per heavy atom. The molecule has 3 nitrogen and oxygen atoms in total. The standard InChI is InChI=1S/C11H7BrFNO2/c1-5-2-10(11(15)16)14-9-4-7(12)8(13)3-6(5)9/h2-4H,1H3,(H,15,16). The third-order valence-electron chi connectivity index (χ3n) is 2.28. The van der Waals surface area contributed by atoms with Crippen molar-refractivity contribution in [2.75, 3.05) is 0 Å². The van der Waals surface area contributed by atoms with Crippen molar-refractivity contribution >= 4 is 32.8 Å². The zero-order valence-electron chi connectivity index (χ0n) is 8.29. The molecule has 1 aromatic heterocycles. The van der Waals surface area contributed by atoms with Gasteiger partial charge in [-0.25, -0.2) is 14.2 Å². The molecule has 1 N–H and O–H groups in total. The summed E-state index contributed by atoms with van der Waals surface area (Å²) in [6, 6.07) is 4.25. The van der Waals surface area contributed by atoms with Crippen molar-refractivity contribution in [3.05, 3.63) is 39.7 Å². The zero-order chi connectivity index (χ0) is 11.9. The van der Waals surface area contributed by atoms with Gasteiger partial charge in [0.15, 0.2) is 0 Å². The maximum atomic E-state index is 13.3. The number of hydrogen-bond donors (Lipinski definition) is 1. The molecule has 0 saturated heterocycles. The van der Waals surface area contributed by atoms with Crippen LogP contribution in [0.2, 0.25) is 0 Å². The average molecular weight is 284 g/mol. The molecule has 82 valence electrons. The lowest BCUT2D eigenvalue weighted by molar-refractivity contribution is 0.0691. The van der Waals surface area contributed by atoms with E-state index < -0.39 is 5.97 Å². The van der Waals surface area contributed by atoms with Crippen LogP contribution in [-0.2, 0) is 0 Å². The summed E-state index contributed by atoms with van der Waals surface area (Å²) in [4.78, 5) is 14.7. The minimum atomic E-state index is -1.09. The fraction of sp³-hybridized carbons (Fsp3) is 0.0909. The number of carbonyl (C=O) groups is 1. The van der Waals surface area contributed by atoms with Gasteiger partial charge in [-0.05, 0) is 46.6 Å². The monoisotopic (exact) mass is 283 g/mol. The SMILES string of the molecule is Cc1cc(C(=O)O)nc2cc(Br)c(F)cc12. The number of benzene rings is 1. The maximum absolute atomic E-state index is 13.3. The lowest BCUT2D eigenvalue weighted by atomic mass is 10.1. The summed E-state index contributed by atoms with van der Waals surface area (Å²) >= 11 is 3.04. The fourth-order valence-electron chi connectivity index (χ4n) is 1.50. The highest BCUT2D eigenvalue weighted by Gasteiger charge is 2.10. The quantitative estimate of drug-likeness (QED) is 0.875. The normalized spacial score (nSPS) is 10.7. The van der Waals surface area contributed by atoms with Crippen LogP contribution in [0.5, 0.6) is 0 Å². The molecule has 0 amide bonds. The van der Waals surface area contributed by atoms with Crippen molar-refractivity contribution in [3.8, 4) is 0 Å². The molecule has 2 aromatic rings. The molecule has 2 rings (SSSR count). The molecule has 5 heteroatoms. The second-order valence-corrected chi connectivity index (χ2v) is 4.27. The Bertz CT molecular complexity index is 598. The number of carboxylic acids is 1. The van der Waals surface area contributed by atoms with Crippen LogP contribution >= 0.6 is 15.9 Å². The van der Waals surface area contributed by atoms with Crippen molar-refractivity contribution in [3.63, 3.8) is 0 Å². The van der Waals surface area contributed by atoms with Crippen molar-refractivity contribution in [2.45, 2.75) is 6.92 Å². The average Bonchev–Trinajstić information content (AvgIpc) is 2.20. The summed E-state index contributed by atoms with van der Waals surface area (Å²) in [5, 5.41) is 9.46. The van der Waals surface area contributed by atoms with Crippen molar-refractivity contribution < 1.29 is 14.3 Å². The van der Waals surface area contributed by atoms with Gasteiger partial charge in [-0.15, -0.1) is 0 Å². The van der Waals surface area contributed by atoms with Crippen LogP contribution in [0.1, 0.15) is 16.1 Å². The minimum absolute atomic E-state index is 0.0384. The highest BCUT2D eigenvalue weighted by atomic mass is 79.9. The number of carboxylic acid groups (broad SMARTS) is 1.